The van der Waals surface area contributed by atoms with E-state index in [1.54, 1.807) is 5.56 Å². The molecule has 1 aromatic rings. The first-order valence-electron chi connectivity index (χ1n) is 5.42. The van der Waals surface area contributed by atoms with Crippen molar-refractivity contribution in [1.29, 1.82) is 0 Å². The van der Waals surface area contributed by atoms with E-state index in [2.05, 4.69) is 48.0 Å². The van der Waals surface area contributed by atoms with E-state index in [0.29, 0.717) is 4.83 Å². The summed E-state index contributed by atoms with van der Waals surface area (Å²) in [5.41, 5.74) is 4.56. The van der Waals surface area contributed by atoms with E-state index in [1.165, 1.54) is 30.4 Å². The molecule has 0 bridgehead atoms. The van der Waals surface area contributed by atoms with Gasteiger partial charge in [0.15, 0.2) is 0 Å². The van der Waals surface area contributed by atoms with Crippen molar-refractivity contribution in [3.8, 4) is 0 Å². The van der Waals surface area contributed by atoms with Gasteiger partial charge in [0, 0.05) is 4.83 Å². The Balaban J connectivity index is 2.26. The molecule has 0 spiro atoms. The zero-order valence-corrected chi connectivity index (χ0v) is 10.5. The van der Waals surface area contributed by atoms with Gasteiger partial charge in [0.25, 0.3) is 0 Å². The number of aryl methyl sites for hydroxylation is 1. The standard InChI is InChI=1S/C13H17Br/c1-9(2)7-10-3-4-11-5-6-13(14)12(11)8-10/h3-4,8-9,13H,5-7H2,1-2H3. The highest BCUT2D eigenvalue weighted by Crippen LogP contribution is 2.38. The maximum Gasteiger partial charge on any atom is 0.0401 e. The molecule has 0 saturated carbocycles. The quantitative estimate of drug-likeness (QED) is 0.690. The summed E-state index contributed by atoms with van der Waals surface area (Å²) in [7, 11) is 0. The Kier molecular flexibility index (Phi) is 2.96. The summed E-state index contributed by atoms with van der Waals surface area (Å²) in [5.74, 6) is 0.753. The van der Waals surface area contributed by atoms with Crippen molar-refractivity contribution in [2.75, 3.05) is 0 Å². The molecule has 0 aliphatic heterocycles. The Morgan fingerprint density at radius 1 is 1.43 bits per heavy atom. The molecular formula is C13H17Br. The minimum absolute atomic E-state index is 0.601. The van der Waals surface area contributed by atoms with E-state index in [1.807, 2.05) is 0 Å². The number of hydrogen-bond acceptors (Lipinski definition) is 0. The highest BCUT2D eigenvalue weighted by atomic mass is 79.9. The summed E-state index contributed by atoms with van der Waals surface area (Å²) in [4.78, 5) is 0.601. The Morgan fingerprint density at radius 3 is 2.93 bits per heavy atom. The molecule has 1 heteroatoms. The monoisotopic (exact) mass is 252 g/mol. The molecule has 2 rings (SSSR count). The maximum absolute atomic E-state index is 3.74. The van der Waals surface area contributed by atoms with E-state index < -0.39 is 0 Å². The van der Waals surface area contributed by atoms with Crippen LogP contribution in [-0.4, -0.2) is 0 Å². The fourth-order valence-electron chi connectivity index (χ4n) is 2.20. The van der Waals surface area contributed by atoms with Gasteiger partial charge in [-0.25, -0.2) is 0 Å². The average molecular weight is 253 g/mol. The molecule has 0 nitrogen and oxygen atoms in total. The van der Waals surface area contributed by atoms with Gasteiger partial charge in [-0.3, -0.25) is 0 Å². The van der Waals surface area contributed by atoms with Crippen molar-refractivity contribution in [2.45, 2.75) is 37.9 Å². The third kappa shape index (κ3) is 2.03. The first-order chi connectivity index (χ1) is 6.66. The zero-order valence-electron chi connectivity index (χ0n) is 8.89. The SMILES string of the molecule is CC(C)Cc1ccc2c(c1)C(Br)CC2. The van der Waals surface area contributed by atoms with Crippen LogP contribution in [0.5, 0.6) is 0 Å². The molecule has 0 saturated heterocycles. The van der Waals surface area contributed by atoms with Gasteiger partial charge < -0.3 is 0 Å². The second kappa shape index (κ2) is 4.06. The Labute approximate surface area is 94.8 Å². The lowest BCUT2D eigenvalue weighted by Gasteiger charge is -2.08. The largest absolute Gasteiger partial charge is 0.0839 e. The van der Waals surface area contributed by atoms with E-state index >= 15 is 0 Å². The fraction of sp³-hybridized carbons (Fsp3) is 0.538. The van der Waals surface area contributed by atoms with Crippen LogP contribution in [0.15, 0.2) is 18.2 Å². The van der Waals surface area contributed by atoms with Gasteiger partial charge in [0.1, 0.15) is 0 Å². The Bertz CT molecular complexity index is 328. The molecule has 0 amide bonds. The van der Waals surface area contributed by atoms with Gasteiger partial charge in [-0.05, 0) is 41.9 Å². The zero-order chi connectivity index (χ0) is 10.1. The number of rotatable bonds is 2. The highest BCUT2D eigenvalue weighted by molar-refractivity contribution is 9.09. The first-order valence-corrected chi connectivity index (χ1v) is 6.34. The van der Waals surface area contributed by atoms with Gasteiger partial charge in [-0.15, -0.1) is 0 Å². The lowest BCUT2D eigenvalue weighted by Crippen LogP contribution is -1.95. The molecule has 0 aromatic heterocycles. The smallest absolute Gasteiger partial charge is 0.0401 e. The summed E-state index contributed by atoms with van der Waals surface area (Å²) < 4.78 is 0. The molecule has 1 unspecified atom stereocenters. The van der Waals surface area contributed by atoms with Crippen LogP contribution in [0.25, 0.3) is 0 Å². The minimum Gasteiger partial charge on any atom is -0.0839 e. The predicted octanol–water partition coefficient (Wildman–Crippen LogP) is 4.27. The van der Waals surface area contributed by atoms with Crippen molar-refractivity contribution in [3.63, 3.8) is 0 Å². The number of hydrogen-bond donors (Lipinski definition) is 0. The molecule has 0 heterocycles. The van der Waals surface area contributed by atoms with Crippen LogP contribution in [0.2, 0.25) is 0 Å². The minimum atomic E-state index is 0.601. The number of halogens is 1. The van der Waals surface area contributed by atoms with Gasteiger partial charge in [0.05, 0.1) is 0 Å². The van der Waals surface area contributed by atoms with Crippen LogP contribution in [0.4, 0.5) is 0 Å². The fourth-order valence-corrected chi connectivity index (χ4v) is 2.85. The molecule has 1 aliphatic carbocycles. The van der Waals surface area contributed by atoms with Crippen LogP contribution in [-0.2, 0) is 12.8 Å². The van der Waals surface area contributed by atoms with Crippen LogP contribution in [0.1, 0.15) is 41.8 Å². The second-order valence-electron chi connectivity index (χ2n) is 4.64. The molecule has 1 aromatic carbocycles. The molecule has 1 atom stereocenters. The first kappa shape index (κ1) is 10.2. The summed E-state index contributed by atoms with van der Waals surface area (Å²) in [6.07, 6.45) is 3.71. The average Bonchev–Trinajstić information content (AvgIpc) is 2.47. The maximum atomic E-state index is 3.74. The van der Waals surface area contributed by atoms with Crippen molar-refractivity contribution >= 4 is 15.9 Å². The van der Waals surface area contributed by atoms with E-state index in [4.69, 9.17) is 0 Å². The van der Waals surface area contributed by atoms with Crippen molar-refractivity contribution in [3.05, 3.63) is 34.9 Å². The Morgan fingerprint density at radius 2 is 2.21 bits per heavy atom. The van der Waals surface area contributed by atoms with Crippen molar-refractivity contribution in [1.82, 2.24) is 0 Å². The normalized spacial score (nSPS) is 20.1. The van der Waals surface area contributed by atoms with Crippen LogP contribution in [0.3, 0.4) is 0 Å². The third-order valence-corrected chi connectivity index (χ3v) is 3.81. The van der Waals surface area contributed by atoms with Gasteiger partial charge in [-0.2, -0.15) is 0 Å². The lowest BCUT2D eigenvalue weighted by molar-refractivity contribution is 0.647. The van der Waals surface area contributed by atoms with Gasteiger partial charge >= 0.3 is 0 Å². The van der Waals surface area contributed by atoms with E-state index in [-0.39, 0.29) is 0 Å². The second-order valence-corrected chi connectivity index (χ2v) is 5.74. The number of alkyl halides is 1. The van der Waals surface area contributed by atoms with Crippen LogP contribution < -0.4 is 0 Å². The molecule has 0 N–H and O–H groups in total. The Hall–Kier alpha value is -0.300. The summed E-state index contributed by atoms with van der Waals surface area (Å²) in [5, 5.41) is 0. The molecular weight excluding hydrogens is 236 g/mol. The topological polar surface area (TPSA) is 0 Å². The summed E-state index contributed by atoms with van der Waals surface area (Å²) in [6.45, 7) is 4.55. The van der Waals surface area contributed by atoms with Gasteiger partial charge in [0.2, 0.25) is 0 Å². The van der Waals surface area contributed by atoms with Crippen LogP contribution in [0, 0.1) is 5.92 Å². The lowest BCUT2D eigenvalue weighted by atomic mass is 9.99. The molecule has 0 radical (unpaired) electrons. The molecule has 76 valence electrons. The molecule has 0 fully saturated rings. The van der Waals surface area contributed by atoms with E-state index in [9.17, 15) is 0 Å². The van der Waals surface area contributed by atoms with Crippen molar-refractivity contribution < 1.29 is 0 Å². The predicted molar refractivity (Wildman–Crippen MR) is 65.0 cm³/mol. The highest BCUT2D eigenvalue weighted by Gasteiger charge is 2.19. The number of benzene rings is 1. The van der Waals surface area contributed by atoms with Crippen LogP contribution >= 0.6 is 15.9 Å². The molecule has 14 heavy (non-hydrogen) atoms. The number of fused-ring (bicyclic) bond motifs is 1. The van der Waals surface area contributed by atoms with Crippen molar-refractivity contribution in [2.24, 2.45) is 5.92 Å². The molecule has 1 aliphatic rings. The van der Waals surface area contributed by atoms with Gasteiger partial charge in [-0.1, -0.05) is 48.0 Å². The summed E-state index contributed by atoms with van der Waals surface area (Å²) >= 11 is 3.74. The third-order valence-electron chi connectivity index (χ3n) is 2.86. The summed E-state index contributed by atoms with van der Waals surface area (Å²) in [6, 6.07) is 7.00. The van der Waals surface area contributed by atoms with E-state index in [0.717, 1.165) is 5.92 Å².